The Labute approximate surface area is 135 Å². The first-order valence-electron chi connectivity index (χ1n) is 7.52. The molecule has 0 bridgehead atoms. The maximum Gasteiger partial charge on any atom is 0.0981 e. The molecule has 0 aliphatic carbocycles. The minimum atomic E-state index is -0.105. The van der Waals surface area contributed by atoms with Gasteiger partial charge in [-0.05, 0) is 24.6 Å². The van der Waals surface area contributed by atoms with Gasteiger partial charge in [-0.3, -0.25) is 0 Å². The zero-order valence-corrected chi connectivity index (χ0v) is 14.6. The molecule has 0 saturated carbocycles. The molecule has 4 nitrogen and oxygen atoms in total. The number of aliphatic hydroxyl groups is 1. The lowest BCUT2D eigenvalue weighted by Gasteiger charge is -2.40. The number of rotatable bonds is 5. The van der Waals surface area contributed by atoms with E-state index in [2.05, 4.69) is 65.1 Å². The van der Waals surface area contributed by atoms with Crippen LogP contribution < -0.4 is 10.2 Å². The molecule has 1 aromatic rings. The van der Waals surface area contributed by atoms with Gasteiger partial charge in [0.05, 0.1) is 19.3 Å². The predicted octanol–water partition coefficient (Wildman–Crippen LogP) is 2.53. The van der Waals surface area contributed by atoms with Gasteiger partial charge in [0, 0.05) is 35.3 Å². The fourth-order valence-electron chi connectivity index (χ4n) is 2.53. The highest BCUT2D eigenvalue weighted by molar-refractivity contribution is 9.10. The van der Waals surface area contributed by atoms with Crippen LogP contribution in [0.4, 0.5) is 5.69 Å². The third kappa shape index (κ3) is 4.42. The zero-order chi connectivity index (χ0) is 15.4. The van der Waals surface area contributed by atoms with Gasteiger partial charge in [-0.2, -0.15) is 0 Å². The maximum absolute atomic E-state index is 9.37. The number of morpholine rings is 1. The van der Waals surface area contributed by atoms with Crippen LogP contribution in [0.2, 0.25) is 0 Å². The molecule has 1 aliphatic heterocycles. The summed E-state index contributed by atoms with van der Waals surface area (Å²) >= 11 is 3.57. The van der Waals surface area contributed by atoms with Crippen molar-refractivity contribution >= 4 is 21.6 Å². The first-order valence-corrected chi connectivity index (χ1v) is 8.31. The van der Waals surface area contributed by atoms with Crippen LogP contribution in [0.15, 0.2) is 22.7 Å². The molecule has 2 N–H and O–H groups in total. The molecule has 118 valence electrons. The second kappa shape index (κ2) is 7.58. The van der Waals surface area contributed by atoms with E-state index in [-0.39, 0.29) is 12.7 Å². The third-order valence-electron chi connectivity index (χ3n) is 3.77. The molecule has 1 heterocycles. The SMILES string of the molecule is CC(C)NCc1ccc(Br)cc1N1CC(CO)OCC1C. The van der Waals surface area contributed by atoms with Crippen LogP contribution in [0.25, 0.3) is 0 Å². The van der Waals surface area contributed by atoms with Crippen molar-refractivity contribution in [3.63, 3.8) is 0 Å². The van der Waals surface area contributed by atoms with E-state index in [1.54, 1.807) is 0 Å². The lowest BCUT2D eigenvalue weighted by atomic mass is 10.1. The fraction of sp³-hybridized carbons (Fsp3) is 0.625. The molecule has 2 unspecified atom stereocenters. The van der Waals surface area contributed by atoms with Crippen LogP contribution in [-0.4, -0.2) is 43.1 Å². The number of hydrogen-bond donors (Lipinski definition) is 2. The van der Waals surface area contributed by atoms with Crippen LogP contribution in [0.5, 0.6) is 0 Å². The highest BCUT2D eigenvalue weighted by Crippen LogP contribution is 2.29. The molecule has 0 radical (unpaired) electrons. The van der Waals surface area contributed by atoms with Crippen molar-refractivity contribution in [2.75, 3.05) is 24.7 Å². The third-order valence-corrected chi connectivity index (χ3v) is 4.26. The monoisotopic (exact) mass is 356 g/mol. The Bertz CT molecular complexity index is 468. The van der Waals surface area contributed by atoms with Gasteiger partial charge in [-0.15, -0.1) is 0 Å². The summed E-state index contributed by atoms with van der Waals surface area (Å²) in [5.74, 6) is 0. The average molecular weight is 357 g/mol. The van der Waals surface area contributed by atoms with E-state index < -0.39 is 0 Å². The first-order chi connectivity index (χ1) is 10.0. The van der Waals surface area contributed by atoms with Crippen molar-refractivity contribution in [2.24, 2.45) is 0 Å². The Morgan fingerprint density at radius 3 is 2.90 bits per heavy atom. The van der Waals surface area contributed by atoms with E-state index in [1.807, 2.05) is 0 Å². The molecule has 21 heavy (non-hydrogen) atoms. The van der Waals surface area contributed by atoms with Gasteiger partial charge >= 0.3 is 0 Å². The summed E-state index contributed by atoms with van der Waals surface area (Å²) in [6, 6.07) is 7.15. The van der Waals surface area contributed by atoms with Gasteiger partial charge in [-0.25, -0.2) is 0 Å². The van der Waals surface area contributed by atoms with Crippen LogP contribution in [0.3, 0.4) is 0 Å². The number of benzene rings is 1. The van der Waals surface area contributed by atoms with Crippen molar-refractivity contribution < 1.29 is 9.84 Å². The van der Waals surface area contributed by atoms with Crippen molar-refractivity contribution in [3.05, 3.63) is 28.2 Å². The zero-order valence-electron chi connectivity index (χ0n) is 13.0. The molecule has 2 rings (SSSR count). The summed E-state index contributed by atoms with van der Waals surface area (Å²) < 4.78 is 6.71. The van der Waals surface area contributed by atoms with Gasteiger partial charge in [0.2, 0.25) is 0 Å². The molecule has 1 saturated heterocycles. The normalized spacial score (nSPS) is 22.9. The van der Waals surface area contributed by atoms with E-state index in [0.717, 1.165) is 17.6 Å². The maximum atomic E-state index is 9.37. The second-order valence-corrected chi connectivity index (χ2v) is 6.86. The second-order valence-electron chi connectivity index (χ2n) is 5.95. The minimum absolute atomic E-state index is 0.0663. The van der Waals surface area contributed by atoms with E-state index in [4.69, 9.17) is 4.74 Å². The van der Waals surface area contributed by atoms with Crippen LogP contribution in [0, 0.1) is 0 Å². The van der Waals surface area contributed by atoms with Crippen molar-refractivity contribution in [1.82, 2.24) is 5.32 Å². The summed E-state index contributed by atoms with van der Waals surface area (Å²) in [7, 11) is 0. The van der Waals surface area contributed by atoms with Crippen LogP contribution in [0.1, 0.15) is 26.3 Å². The minimum Gasteiger partial charge on any atom is -0.394 e. The summed E-state index contributed by atoms with van der Waals surface area (Å²) in [5, 5.41) is 12.8. The Morgan fingerprint density at radius 1 is 1.48 bits per heavy atom. The summed E-state index contributed by atoms with van der Waals surface area (Å²) in [4.78, 5) is 2.34. The van der Waals surface area contributed by atoms with E-state index in [9.17, 15) is 5.11 Å². The van der Waals surface area contributed by atoms with E-state index in [0.29, 0.717) is 18.7 Å². The van der Waals surface area contributed by atoms with Gasteiger partial charge in [0.25, 0.3) is 0 Å². The van der Waals surface area contributed by atoms with Crippen molar-refractivity contribution in [1.29, 1.82) is 0 Å². The Kier molecular flexibility index (Phi) is 6.05. The highest BCUT2D eigenvalue weighted by Gasteiger charge is 2.27. The molecule has 1 fully saturated rings. The average Bonchev–Trinajstić information content (AvgIpc) is 2.46. The number of nitrogens with one attached hydrogen (secondary N) is 1. The van der Waals surface area contributed by atoms with Crippen LogP contribution in [-0.2, 0) is 11.3 Å². The quantitative estimate of drug-likeness (QED) is 0.850. The lowest BCUT2D eigenvalue weighted by Crippen LogP contribution is -2.50. The number of nitrogens with zero attached hydrogens (tertiary/aromatic N) is 1. The van der Waals surface area contributed by atoms with Gasteiger partial charge in [-0.1, -0.05) is 35.8 Å². The molecule has 1 aliphatic rings. The smallest absolute Gasteiger partial charge is 0.0981 e. The van der Waals surface area contributed by atoms with Crippen molar-refractivity contribution in [2.45, 2.75) is 45.5 Å². The first kappa shape index (κ1) is 16.7. The fourth-order valence-corrected chi connectivity index (χ4v) is 2.88. The highest BCUT2D eigenvalue weighted by atomic mass is 79.9. The topological polar surface area (TPSA) is 44.7 Å². The molecule has 0 amide bonds. The van der Waals surface area contributed by atoms with Crippen molar-refractivity contribution in [3.8, 4) is 0 Å². The predicted molar refractivity (Wildman–Crippen MR) is 89.8 cm³/mol. The Morgan fingerprint density at radius 2 is 2.24 bits per heavy atom. The number of ether oxygens (including phenoxy) is 1. The molecular formula is C16H25BrN2O2. The molecule has 5 heteroatoms. The van der Waals surface area contributed by atoms with E-state index >= 15 is 0 Å². The molecule has 0 aromatic heterocycles. The number of anilines is 1. The van der Waals surface area contributed by atoms with Gasteiger partial charge in [0.1, 0.15) is 0 Å². The summed E-state index contributed by atoms with van der Waals surface area (Å²) in [6.45, 7) is 8.74. The Hall–Kier alpha value is -0.620. The number of aliphatic hydroxyl groups excluding tert-OH is 1. The molecule has 2 atom stereocenters. The van der Waals surface area contributed by atoms with Crippen LogP contribution >= 0.6 is 15.9 Å². The summed E-state index contributed by atoms with van der Waals surface area (Å²) in [5.41, 5.74) is 2.49. The lowest BCUT2D eigenvalue weighted by molar-refractivity contribution is -0.0103. The molecular weight excluding hydrogens is 332 g/mol. The standard InChI is InChI=1S/C16H25BrN2O2/c1-11(2)18-7-13-4-5-14(17)6-16(13)19-8-15(9-20)21-10-12(19)3/h4-6,11-12,15,18,20H,7-10H2,1-3H3. The molecule has 1 aromatic carbocycles. The Balaban J connectivity index is 2.24. The van der Waals surface area contributed by atoms with Gasteiger partial charge in [0.15, 0.2) is 0 Å². The number of hydrogen-bond acceptors (Lipinski definition) is 4. The number of halogens is 1. The summed E-state index contributed by atoms with van der Waals surface area (Å²) in [6.07, 6.45) is -0.105. The van der Waals surface area contributed by atoms with Gasteiger partial charge < -0.3 is 20.1 Å². The van der Waals surface area contributed by atoms with E-state index in [1.165, 1.54) is 11.3 Å². The largest absolute Gasteiger partial charge is 0.394 e. The molecule has 0 spiro atoms.